The largest absolute Gasteiger partial charge is 0.346 e. The lowest BCUT2D eigenvalue weighted by Gasteiger charge is -2.29. The molecule has 3 amide bonds. The van der Waals surface area contributed by atoms with Crippen molar-refractivity contribution in [3.05, 3.63) is 0 Å². The number of hydrogen-bond donors (Lipinski definition) is 1. The zero-order valence-corrected chi connectivity index (χ0v) is 11.8. The van der Waals surface area contributed by atoms with E-state index < -0.39 is 5.54 Å². The van der Waals surface area contributed by atoms with Gasteiger partial charge < -0.3 is 5.32 Å². The zero-order valence-electron chi connectivity index (χ0n) is 11.8. The van der Waals surface area contributed by atoms with Crippen molar-refractivity contribution in [2.45, 2.75) is 64.3 Å². The number of amides is 3. The van der Waals surface area contributed by atoms with Gasteiger partial charge in [0.1, 0.15) is 5.54 Å². The number of urea groups is 1. The van der Waals surface area contributed by atoms with Crippen LogP contribution in [0.1, 0.15) is 58.8 Å². The van der Waals surface area contributed by atoms with Crippen molar-refractivity contribution in [3.8, 4) is 0 Å². The second kappa shape index (κ2) is 5.72. The number of nitrogens with zero attached hydrogens (tertiary/aromatic N) is 2. The first-order chi connectivity index (χ1) is 9.13. The molecule has 1 N–H and O–H groups in total. The molecule has 1 aliphatic heterocycles. The molecule has 0 aromatic rings. The lowest BCUT2D eigenvalue weighted by molar-refractivity contribution is -0.132. The van der Waals surface area contributed by atoms with Crippen LogP contribution in [0.2, 0.25) is 0 Å². The molecule has 0 aromatic carbocycles. The molecule has 2 rings (SSSR count). The second-order valence-electron chi connectivity index (χ2n) is 5.53. The van der Waals surface area contributed by atoms with Gasteiger partial charge in [-0.05, 0) is 31.6 Å². The molecule has 0 bridgehead atoms. The molecule has 0 unspecified atom stereocenters. The summed E-state index contributed by atoms with van der Waals surface area (Å²) in [4.78, 5) is 24.3. The van der Waals surface area contributed by atoms with Gasteiger partial charge in [0.15, 0.2) is 0 Å². The van der Waals surface area contributed by atoms with Crippen molar-refractivity contribution in [2.24, 2.45) is 11.0 Å². The lowest BCUT2D eigenvalue weighted by atomic mass is 9.82. The molecule has 2 fully saturated rings. The Balaban J connectivity index is 2.10. The maximum Gasteiger partial charge on any atom is 0.346 e. The smallest absolute Gasteiger partial charge is 0.321 e. The Morgan fingerprint density at radius 3 is 2.47 bits per heavy atom. The summed E-state index contributed by atoms with van der Waals surface area (Å²) < 4.78 is 0. The van der Waals surface area contributed by atoms with Gasteiger partial charge in [-0.2, -0.15) is 5.10 Å². The van der Waals surface area contributed by atoms with E-state index in [2.05, 4.69) is 24.3 Å². The molecule has 5 nitrogen and oxygen atoms in total. The van der Waals surface area contributed by atoms with Gasteiger partial charge in [-0.15, -0.1) is 5.01 Å². The minimum absolute atomic E-state index is 0.167. The van der Waals surface area contributed by atoms with E-state index in [1.54, 1.807) is 6.21 Å². The van der Waals surface area contributed by atoms with Crippen LogP contribution < -0.4 is 5.32 Å². The van der Waals surface area contributed by atoms with Crippen molar-refractivity contribution < 1.29 is 9.59 Å². The average molecular weight is 265 g/mol. The summed E-state index contributed by atoms with van der Waals surface area (Å²) in [5.74, 6) is 0.155. The highest BCUT2D eigenvalue weighted by Crippen LogP contribution is 2.33. The molecule has 1 saturated heterocycles. The number of imide groups is 1. The lowest BCUT2D eigenvalue weighted by Crippen LogP contribution is -2.48. The van der Waals surface area contributed by atoms with Crippen molar-refractivity contribution in [3.63, 3.8) is 0 Å². The van der Waals surface area contributed by atoms with E-state index in [0.717, 1.165) is 50.0 Å². The van der Waals surface area contributed by atoms with E-state index in [1.165, 1.54) is 0 Å². The zero-order chi connectivity index (χ0) is 13.9. The van der Waals surface area contributed by atoms with Crippen molar-refractivity contribution in [1.82, 2.24) is 10.3 Å². The second-order valence-corrected chi connectivity index (χ2v) is 5.53. The van der Waals surface area contributed by atoms with Crippen molar-refractivity contribution in [1.29, 1.82) is 0 Å². The summed E-state index contributed by atoms with van der Waals surface area (Å²) in [6.07, 6.45) is 8.29. The molecule has 0 atom stereocenters. The number of rotatable bonds is 4. The Morgan fingerprint density at radius 2 is 1.89 bits per heavy atom. The standard InChI is InChI=1S/C14H23N3O2/c1-3-11(4-2)10-15-17-12(18)14(16-13(17)19)8-6-5-7-9-14/h10-11H,3-9H2,1-2H3,(H,16,19)/b15-10+. The number of nitrogens with one attached hydrogen (secondary N) is 1. The average Bonchev–Trinajstić information content (AvgIpc) is 2.64. The summed E-state index contributed by atoms with van der Waals surface area (Å²) in [7, 11) is 0. The van der Waals surface area contributed by atoms with Gasteiger partial charge in [0.2, 0.25) is 0 Å². The molecular formula is C14H23N3O2. The molecular weight excluding hydrogens is 242 g/mol. The monoisotopic (exact) mass is 265 g/mol. The van der Waals surface area contributed by atoms with Gasteiger partial charge in [0.05, 0.1) is 0 Å². The fourth-order valence-corrected chi connectivity index (χ4v) is 2.87. The van der Waals surface area contributed by atoms with Crippen LogP contribution in [-0.2, 0) is 4.79 Å². The van der Waals surface area contributed by atoms with E-state index in [1.807, 2.05) is 0 Å². The van der Waals surface area contributed by atoms with E-state index in [9.17, 15) is 9.59 Å². The molecule has 2 aliphatic rings. The van der Waals surface area contributed by atoms with E-state index in [4.69, 9.17) is 0 Å². The Kier molecular flexibility index (Phi) is 4.22. The third kappa shape index (κ3) is 2.65. The molecule has 0 radical (unpaired) electrons. The molecule has 1 saturated carbocycles. The Labute approximate surface area is 114 Å². The van der Waals surface area contributed by atoms with Gasteiger partial charge in [-0.1, -0.05) is 33.1 Å². The predicted octanol–water partition coefficient (Wildman–Crippen LogP) is 2.66. The molecule has 1 aliphatic carbocycles. The van der Waals surface area contributed by atoms with Crippen LogP contribution >= 0.6 is 0 Å². The topological polar surface area (TPSA) is 61.8 Å². The number of hydrogen-bond acceptors (Lipinski definition) is 3. The first-order valence-corrected chi connectivity index (χ1v) is 7.33. The van der Waals surface area contributed by atoms with Crippen LogP contribution in [0.4, 0.5) is 4.79 Å². The Hall–Kier alpha value is -1.39. The maximum absolute atomic E-state index is 12.4. The summed E-state index contributed by atoms with van der Waals surface area (Å²) in [6, 6.07) is -0.367. The normalized spacial score (nSPS) is 22.8. The van der Waals surface area contributed by atoms with Crippen LogP contribution in [-0.4, -0.2) is 28.7 Å². The third-order valence-electron chi connectivity index (χ3n) is 4.29. The van der Waals surface area contributed by atoms with Crippen LogP contribution in [0.5, 0.6) is 0 Å². The highest BCUT2D eigenvalue weighted by molar-refractivity contribution is 6.07. The molecule has 106 valence electrons. The molecule has 1 spiro atoms. The number of carbonyl (C=O) groups excluding carboxylic acids is 2. The first-order valence-electron chi connectivity index (χ1n) is 7.33. The number of hydrazone groups is 1. The summed E-state index contributed by atoms with van der Waals surface area (Å²) in [6.45, 7) is 4.16. The minimum atomic E-state index is -0.666. The quantitative estimate of drug-likeness (QED) is 0.627. The van der Waals surface area contributed by atoms with Gasteiger partial charge in [0, 0.05) is 6.21 Å². The first kappa shape index (κ1) is 14.0. The van der Waals surface area contributed by atoms with E-state index >= 15 is 0 Å². The highest BCUT2D eigenvalue weighted by atomic mass is 16.2. The Bertz CT molecular complexity index is 382. The van der Waals surface area contributed by atoms with Gasteiger partial charge in [-0.3, -0.25) is 4.79 Å². The molecule has 19 heavy (non-hydrogen) atoms. The highest BCUT2D eigenvalue weighted by Gasteiger charge is 2.51. The van der Waals surface area contributed by atoms with Crippen LogP contribution in [0.3, 0.4) is 0 Å². The SMILES string of the molecule is CCC(/C=N/N1C(=O)NC2(CCCCC2)C1=O)CC. The third-order valence-corrected chi connectivity index (χ3v) is 4.29. The van der Waals surface area contributed by atoms with Crippen LogP contribution in [0, 0.1) is 5.92 Å². The van der Waals surface area contributed by atoms with Gasteiger partial charge in [-0.25, -0.2) is 4.79 Å². The predicted molar refractivity (Wildman–Crippen MR) is 73.8 cm³/mol. The molecule has 0 aromatic heterocycles. The fraction of sp³-hybridized carbons (Fsp3) is 0.786. The Morgan fingerprint density at radius 1 is 1.26 bits per heavy atom. The van der Waals surface area contributed by atoms with Crippen molar-refractivity contribution >= 4 is 18.2 Å². The molecule has 5 heteroatoms. The van der Waals surface area contributed by atoms with Gasteiger partial charge in [0.25, 0.3) is 5.91 Å². The summed E-state index contributed by atoms with van der Waals surface area (Å²) in [5, 5.41) is 8.01. The minimum Gasteiger partial charge on any atom is -0.321 e. The van der Waals surface area contributed by atoms with E-state index in [0.29, 0.717) is 5.92 Å². The van der Waals surface area contributed by atoms with Crippen LogP contribution in [0.25, 0.3) is 0 Å². The summed E-state index contributed by atoms with van der Waals surface area (Å²) in [5.41, 5.74) is -0.666. The summed E-state index contributed by atoms with van der Waals surface area (Å²) >= 11 is 0. The van der Waals surface area contributed by atoms with Gasteiger partial charge >= 0.3 is 6.03 Å². The number of carbonyl (C=O) groups is 2. The van der Waals surface area contributed by atoms with Crippen LogP contribution in [0.15, 0.2) is 5.10 Å². The van der Waals surface area contributed by atoms with Crippen molar-refractivity contribution in [2.75, 3.05) is 0 Å². The molecule has 1 heterocycles. The van der Waals surface area contributed by atoms with E-state index in [-0.39, 0.29) is 11.9 Å². The maximum atomic E-state index is 12.4. The fourth-order valence-electron chi connectivity index (χ4n) is 2.87.